The second-order valence-electron chi connectivity index (χ2n) is 4.91. The predicted octanol–water partition coefficient (Wildman–Crippen LogP) is 3.10. The first-order valence-corrected chi connectivity index (χ1v) is 7.35. The summed E-state index contributed by atoms with van der Waals surface area (Å²) in [6, 6.07) is 7.80. The fourth-order valence-electron chi connectivity index (χ4n) is 2.21. The highest BCUT2D eigenvalue weighted by Crippen LogP contribution is 2.20. The van der Waals surface area contributed by atoms with Crippen LogP contribution in [0.15, 0.2) is 28.7 Å². The number of rotatable bonds is 4. The van der Waals surface area contributed by atoms with Crippen LogP contribution in [0.25, 0.3) is 0 Å². The quantitative estimate of drug-likeness (QED) is 0.864. The molecule has 3 N–H and O–H groups in total. The van der Waals surface area contributed by atoms with E-state index >= 15 is 0 Å². The van der Waals surface area contributed by atoms with Gasteiger partial charge in [-0.2, -0.15) is 0 Å². The lowest BCUT2D eigenvalue weighted by Gasteiger charge is -2.25. The van der Waals surface area contributed by atoms with Crippen LogP contribution in [0, 0.1) is 0 Å². The Bertz CT molecular complexity index is 437. The molecule has 1 aromatic rings. The van der Waals surface area contributed by atoms with Crippen molar-refractivity contribution < 1.29 is 9.53 Å². The van der Waals surface area contributed by atoms with Crippen molar-refractivity contribution in [3.05, 3.63) is 28.7 Å². The fraction of sp³-hybridized carbons (Fsp3) is 0.500. The Morgan fingerprint density at radius 1 is 1.35 bits per heavy atom. The Kier molecular flexibility index (Phi) is 7.51. The molecule has 0 aromatic heterocycles. The van der Waals surface area contributed by atoms with Gasteiger partial charge in [0, 0.05) is 16.2 Å². The molecule has 0 radical (unpaired) electrons. The van der Waals surface area contributed by atoms with E-state index in [1.807, 2.05) is 24.3 Å². The number of nitrogens with two attached hydrogens (primary N) is 1. The number of carbonyl (C=O) groups is 1. The highest BCUT2D eigenvalue weighted by Gasteiger charge is 2.19. The maximum atomic E-state index is 11.8. The summed E-state index contributed by atoms with van der Waals surface area (Å²) in [6.07, 6.45) is 4.04. The van der Waals surface area contributed by atoms with Gasteiger partial charge in [-0.3, -0.25) is 4.79 Å². The average molecular weight is 364 g/mol. The molecule has 1 aromatic carbocycles. The summed E-state index contributed by atoms with van der Waals surface area (Å²) in [4.78, 5) is 11.8. The van der Waals surface area contributed by atoms with Crippen molar-refractivity contribution in [2.45, 2.75) is 37.8 Å². The molecule has 0 saturated heterocycles. The zero-order valence-corrected chi connectivity index (χ0v) is 13.6. The molecule has 0 aliphatic heterocycles. The third-order valence-electron chi connectivity index (χ3n) is 3.28. The molecule has 20 heavy (non-hydrogen) atoms. The van der Waals surface area contributed by atoms with Gasteiger partial charge in [0.05, 0.1) is 6.10 Å². The SMILES string of the molecule is Cl.NC1CCC(OCC(=O)Nc2cccc(Br)c2)CC1. The van der Waals surface area contributed by atoms with Gasteiger partial charge in [0.2, 0.25) is 5.91 Å². The Morgan fingerprint density at radius 3 is 2.70 bits per heavy atom. The topological polar surface area (TPSA) is 64.3 Å². The van der Waals surface area contributed by atoms with E-state index in [1.54, 1.807) is 0 Å². The number of anilines is 1. The van der Waals surface area contributed by atoms with E-state index in [2.05, 4.69) is 21.2 Å². The Morgan fingerprint density at radius 2 is 2.05 bits per heavy atom. The van der Waals surface area contributed by atoms with Gasteiger partial charge in [-0.15, -0.1) is 12.4 Å². The summed E-state index contributed by atoms with van der Waals surface area (Å²) in [7, 11) is 0. The summed E-state index contributed by atoms with van der Waals surface area (Å²) in [5.74, 6) is -0.118. The smallest absolute Gasteiger partial charge is 0.250 e. The van der Waals surface area contributed by atoms with Crippen molar-refractivity contribution in [1.29, 1.82) is 0 Å². The molecule has 0 bridgehead atoms. The molecule has 1 fully saturated rings. The first-order chi connectivity index (χ1) is 9.13. The second kappa shape index (κ2) is 8.62. The van der Waals surface area contributed by atoms with Crippen LogP contribution in [0.1, 0.15) is 25.7 Å². The van der Waals surface area contributed by atoms with E-state index in [0.717, 1.165) is 35.8 Å². The third kappa shape index (κ3) is 5.79. The van der Waals surface area contributed by atoms with Gasteiger partial charge in [0.15, 0.2) is 0 Å². The number of nitrogens with one attached hydrogen (secondary N) is 1. The average Bonchev–Trinajstić information content (AvgIpc) is 2.38. The van der Waals surface area contributed by atoms with Crippen molar-refractivity contribution >= 4 is 39.9 Å². The maximum absolute atomic E-state index is 11.8. The number of carbonyl (C=O) groups excluding carboxylic acids is 1. The number of benzene rings is 1. The Labute approximate surface area is 134 Å². The number of amides is 1. The summed E-state index contributed by atoms with van der Waals surface area (Å²) in [5, 5.41) is 2.81. The van der Waals surface area contributed by atoms with Gasteiger partial charge in [-0.25, -0.2) is 0 Å². The van der Waals surface area contributed by atoms with E-state index in [4.69, 9.17) is 10.5 Å². The summed E-state index contributed by atoms with van der Waals surface area (Å²) in [6.45, 7) is 0.104. The maximum Gasteiger partial charge on any atom is 0.250 e. The van der Waals surface area contributed by atoms with Crippen LogP contribution >= 0.6 is 28.3 Å². The molecule has 0 atom stereocenters. The molecular formula is C14H20BrClN2O2. The molecular weight excluding hydrogens is 344 g/mol. The number of hydrogen-bond donors (Lipinski definition) is 2. The molecule has 1 aliphatic carbocycles. The minimum Gasteiger partial charge on any atom is -0.368 e. The Balaban J connectivity index is 0.00000200. The normalized spacial score (nSPS) is 21.9. The molecule has 0 heterocycles. The molecule has 1 amide bonds. The fourth-order valence-corrected chi connectivity index (χ4v) is 2.61. The number of hydrogen-bond acceptors (Lipinski definition) is 3. The van der Waals surface area contributed by atoms with E-state index in [-0.39, 0.29) is 31.0 Å². The second-order valence-corrected chi connectivity index (χ2v) is 5.82. The van der Waals surface area contributed by atoms with E-state index in [9.17, 15) is 4.79 Å². The molecule has 4 nitrogen and oxygen atoms in total. The van der Waals surface area contributed by atoms with Crippen LogP contribution < -0.4 is 11.1 Å². The van der Waals surface area contributed by atoms with Crippen LogP contribution in [-0.4, -0.2) is 24.7 Å². The predicted molar refractivity (Wildman–Crippen MR) is 86.2 cm³/mol. The van der Waals surface area contributed by atoms with Gasteiger partial charge in [0.25, 0.3) is 0 Å². The zero-order valence-electron chi connectivity index (χ0n) is 11.2. The molecule has 6 heteroatoms. The largest absolute Gasteiger partial charge is 0.368 e. The first kappa shape index (κ1) is 17.4. The van der Waals surface area contributed by atoms with Gasteiger partial charge < -0.3 is 15.8 Å². The van der Waals surface area contributed by atoms with E-state index < -0.39 is 0 Å². The van der Waals surface area contributed by atoms with Crippen LogP contribution in [0.5, 0.6) is 0 Å². The highest BCUT2D eigenvalue weighted by molar-refractivity contribution is 9.10. The molecule has 1 saturated carbocycles. The first-order valence-electron chi connectivity index (χ1n) is 6.56. The molecule has 0 unspecified atom stereocenters. The minimum atomic E-state index is -0.118. The van der Waals surface area contributed by atoms with Crippen LogP contribution in [-0.2, 0) is 9.53 Å². The van der Waals surface area contributed by atoms with Crippen molar-refractivity contribution in [3.8, 4) is 0 Å². The number of halogens is 2. The monoisotopic (exact) mass is 362 g/mol. The number of ether oxygens (including phenoxy) is 1. The molecule has 112 valence electrons. The summed E-state index contributed by atoms with van der Waals surface area (Å²) < 4.78 is 6.55. The summed E-state index contributed by atoms with van der Waals surface area (Å²) >= 11 is 3.36. The lowest BCUT2D eigenvalue weighted by atomic mass is 9.94. The van der Waals surface area contributed by atoms with Crippen molar-refractivity contribution in [1.82, 2.24) is 0 Å². The van der Waals surface area contributed by atoms with Crippen molar-refractivity contribution in [2.75, 3.05) is 11.9 Å². The lowest BCUT2D eigenvalue weighted by molar-refractivity contribution is -0.123. The Hall–Kier alpha value is -0.620. The minimum absolute atomic E-state index is 0. The van der Waals surface area contributed by atoms with E-state index in [0.29, 0.717) is 6.04 Å². The van der Waals surface area contributed by atoms with Crippen LogP contribution in [0.3, 0.4) is 0 Å². The third-order valence-corrected chi connectivity index (χ3v) is 3.77. The van der Waals surface area contributed by atoms with Crippen LogP contribution in [0.2, 0.25) is 0 Å². The van der Waals surface area contributed by atoms with E-state index in [1.165, 1.54) is 0 Å². The van der Waals surface area contributed by atoms with Gasteiger partial charge in [-0.05, 0) is 43.9 Å². The standard InChI is InChI=1S/C14H19BrN2O2.ClH/c15-10-2-1-3-12(8-10)17-14(18)9-19-13-6-4-11(16)5-7-13;/h1-3,8,11,13H,4-7,9,16H2,(H,17,18);1H. The van der Waals surface area contributed by atoms with Crippen LogP contribution in [0.4, 0.5) is 5.69 Å². The van der Waals surface area contributed by atoms with Gasteiger partial charge in [-0.1, -0.05) is 22.0 Å². The highest BCUT2D eigenvalue weighted by atomic mass is 79.9. The van der Waals surface area contributed by atoms with Crippen molar-refractivity contribution in [3.63, 3.8) is 0 Å². The van der Waals surface area contributed by atoms with Gasteiger partial charge in [0.1, 0.15) is 6.61 Å². The molecule has 1 aliphatic rings. The lowest BCUT2D eigenvalue weighted by Crippen LogP contribution is -2.32. The molecule has 0 spiro atoms. The van der Waals surface area contributed by atoms with Gasteiger partial charge >= 0.3 is 0 Å². The molecule has 2 rings (SSSR count). The summed E-state index contributed by atoms with van der Waals surface area (Å²) in [5.41, 5.74) is 6.60. The zero-order chi connectivity index (χ0) is 13.7. The van der Waals surface area contributed by atoms with Crippen molar-refractivity contribution in [2.24, 2.45) is 5.73 Å².